The Kier molecular flexibility index (Phi) is 5.08. The molecule has 0 aliphatic carbocycles. The highest BCUT2D eigenvalue weighted by molar-refractivity contribution is 9.10. The van der Waals surface area contributed by atoms with Crippen molar-refractivity contribution < 1.29 is 13.2 Å². The standard InChI is InChI=1S/C10H10BrClF3N/c11-6-9(14)7(12)5(3-1-2-4-16)8(13)10(6)15/h1-4,16H2. The summed E-state index contributed by atoms with van der Waals surface area (Å²) in [4.78, 5) is 0. The lowest BCUT2D eigenvalue weighted by molar-refractivity contribution is 0.476. The molecule has 0 amide bonds. The molecule has 0 saturated heterocycles. The second-order valence-electron chi connectivity index (χ2n) is 3.29. The van der Waals surface area contributed by atoms with Crippen molar-refractivity contribution in [1.29, 1.82) is 0 Å². The molecule has 0 radical (unpaired) electrons. The Morgan fingerprint density at radius 2 is 1.69 bits per heavy atom. The molecule has 90 valence electrons. The second kappa shape index (κ2) is 5.89. The molecule has 0 heterocycles. The van der Waals surface area contributed by atoms with Gasteiger partial charge in [0.15, 0.2) is 17.5 Å². The molecule has 0 spiro atoms. The van der Waals surface area contributed by atoms with Crippen molar-refractivity contribution in [3.63, 3.8) is 0 Å². The van der Waals surface area contributed by atoms with Gasteiger partial charge in [0.1, 0.15) is 0 Å². The van der Waals surface area contributed by atoms with Crippen molar-refractivity contribution in [3.05, 3.63) is 32.5 Å². The van der Waals surface area contributed by atoms with Crippen LogP contribution in [0.4, 0.5) is 13.2 Å². The molecule has 0 fully saturated rings. The van der Waals surface area contributed by atoms with E-state index in [2.05, 4.69) is 15.9 Å². The molecule has 16 heavy (non-hydrogen) atoms. The summed E-state index contributed by atoms with van der Waals surface area (Å²) in [5.74, 6) is -3.32. The van der Waals surface area contributed by atoms with Crippen LogP contribution < -0.4 is 5.73 Å². The van der Waals surface area contributed by atoms with Crippen molar-refractivity contribution >= 4 is 27.5 Å². The highest BCUT2D eigenvalue weighted by Gasteiger charge is 2.21. The fraction of sp³-hybridized carbons (Fsp3) is 0.400. The predicted octanol–water partition coefficient (Wildman–Crippen LogP) is 3.80. The summed E-state index contributed by atoms with van der Waals surface area (Å²) in [5, 5.41) is -0.372. The predicted molar refractivity (Wildman–Crippen MR) is 61.0 cm³/mol. The maximum Gasteiger partial charge on any atom is 0.176 e. The third-order valence-electron chi connectivity index (χ3n) is 2.18. The van der Waals surface area contributed by atoms with E-state index in [1.807, 2.05) is 0 Å². The van der Waals surface area contributed by atoms with Gasteiger partial charge in [-0.05, 0) is 41.7 Å². The highest BCUT2D eigenvalue weighted by Crippen LogP contribution is 2.33. The van der Waals surface area contributed by atoms with Crippen LogP contribution in [0.5, 0.6) is 0 Å². The minimum atomic E-state index is -1.25. The Morgan fingerprint density at radius 1 is 1.06 bits per heavy atom. The average Bonchev–Trinajstić information content (AvgIpc) is 2.28. The van der Waals surface area contributed by atoms with Crippen molar-refractivity contribution in [3.8, 4) is 0 Å². The first-order valence-electron chi connectivity index (χ1n) is 4.71. The molecule has 1 aromatic carbocycles. The smallest absolute Gasteiger partial charge is 0.176 e. The van der Waals surface area contributed by atoms with Crippen LogP contribution in [-0.4, -0.2) is 6.54 Å². The van der Waals surface area contributed by atoms with Crippen LogP contribution in [0.1, 0.15) is 18.4 Å². The first kappa shape index (κ1) is 13.8. The maximum atomic E-state index is 13.4. The molecule has 0 atom stereocenters. The highest BCUT2D eigenvalue weighted by atomic mass is 79.9. The number of hydrogen-bond donors (Lipinski definition) is 1. The SMILES string of the molecule is NCCCCc1c(F)c(F)c(Br)c(F)c1Cl. The molecular weight excluding hydrogens is 306 g/mol. The first-order valence-corrected chi connectivity index (χ1v) is 5.88. The molecule has 6 heteroatoms. The van der Waals surface area contributed by atoms with Gasteiger partial charge in [-0.3, -0.25) is 0 Å². The molecule has 0 saturated carbocycles. The Labute approximate surface area is 105 Å². The summed E-state index contributed by atoms with van der Waals surface area (Å²) in [5.41, 5.74) is 5.14. The lowest BCUT2D eigenvalue weighted by atomic mass is 10.1. The van der Waals surface area contributed by atoms with Crippen molar-refractivity contribution in [2.75, 3.05) is 6.54 Å². The Bertz CT molecular complexity index is 369. The van der Waals surface area contributed by atoms with Crippen LogP contribution in [0.2, 0.25) is 5.02 Å². The van der Waals surface area contributed by atoms with E-state index in [9.17, 15) is 13.2 Å². The van der Waals surface area contributed by atoms with E-state index in [0.717, 1.165) is 0 Å². The van der Waals surface area contributed by atoms with Crippen LogP contribution in [0.3, 0.4) is 0 Å². The summed E-state index contributed by atoms with van der Waals surface area (Å²) < 4.78 is 39.4. The van der Waals surface area contributed by atoms with Crippen LogP contribution >= 0.6 is 27.5 Å². The van der Waals surface area contributed by atoms with Crippen LogP contribution in [0.15, 0.2) is 4.47 Å². The average molecular weight is 317 g/mol. The zero-order valence-electron chi connectivity index (χ0n) is 8.30. The maximum absolute atomic E-state index is 13.4. The Balaban J connectivity index is 3.08. The zero-order chi connectivity index (χ0) is 12.3. The van der Waals surface area contributed by atoms with Gasteiger partial charge in [-0.15, -0.1) is 0 Å². The summed E-state index contributed by atoms with van der Waals surface area (Å²) >= 11 is 8.21. The van der Waals surface area contributed by atoms with E-state index in [1.54, 1.807) is 0 Å². The van der Waals surface area contributed by atoms with Crippen molar-refractivity contribution in [2.24, 2.45) is 5.73 Å². The molecule has 1 aromatic rings. The van der Waals surface area contributed by atoms with E-state index >= 15 is 0 Å². The second-order valence-corrected chi connectivity index (χ2v) is 4.47. The summed E-state index contributed by atoms with van der Waals surface area (Å²) in [6.07, 6.45) is 1.35. The van der Waals surface area contributed by atoms with Gasteiger partial charge in [0, 0.05) is 5.56 Å². The number of hydrogen-bond acceptors (Lipinski definition) is 1. The monoisotopic (exact) mass is 315 g/mol. The molecule has 0 unspecified atom stereocenters. The summed E-state index contributed by atoms with van der Waals surface area (Å²) in [7, 11) is 0. The number of nitrogens with two attached hydrogens (primary N) is 1. The van der Waals surface area contributed by atoms with Crippen molar-refractivity contribution in [2.45, 2.75) is 19.3 Å². The first-order chi connectivity index (χ1) is 7.50. The van der Waals surface area contributed by atoms with Gasteiger partial charge < -0.3 is 5.73 Å². The van der Waals surface area contributed by atoms with Gasteiger partial charge in [0.25, 0.3) is 0 Å². The normalized spacial score (nSPS) is 10.9. The van der Waals surface area contributed by atoms with E-state index in [-0.39, 0.29) is 17.0 Å². The Morgan fingerprint density at radius 3 is 2.25 bits per heavy atom. The number of unbranched alkanes of at least 4 members (excludes halogenated alkanes) is 1. The lowest BCUT2D eigenvalue weighted by Crippen LogP contribution is -2.03. The topological polar surface area (TPSA) is 26.0 Å². The Hall–Kier alpha value is -0.260. The van der Waals surface area contributed by atoms with Crippen molar-refractivity contribution in [1.82, 2.24) is 0 Å². The molecule has 1 nitrogen and oxygen atoms in total. The van der Waals surface area contributed by atoms with Gasteiger partial charge in [-0.2, -0.15) is 0 Å². The van der Waals surface area contributed by atoms with Gasteiger partial charge in [0.05, 0.1) is 9.50 Å². The minimum absolute atomic E-state index is 0.131. The van der Waals surface area contributed by atoms with Crippen LogP contribution in [0.25, 0.3) is 0 Å². The van der Waals surface area contributed by atoms with E-state index in [1.165, 1.54) is 0 Å². The van der Waals surface area contributed by atoms with Crippen LogP contribution in [-0.2, 0) is 6.42 Å². The fourth-order valence-electron chi connectivity index (χ4n) is 1.32. The molecular formula is C10H10BrClF3N. The van der Waals surface area contributed by atoms with E-state index in [0.29, 0.717) is 19.4 Å². The number of rotatable bonds is 4. The minimum Gasteiger partial charge on any atom is -0.330 e. The summed E-state index contributed by atoms with van der Waals surface area (Å²) in [6.45, 7) is 0.445. The molecule has 2 N–H and O–H groups in total. The van der Waals surface area contributed by atoms with Crippen LogP contribution in [0, 0.1) is 17.5 Å². The quantitative estimate of drug-likeness (QED) is 0.510. The molecule has 0 bridgehead atoms. The lowest BCUT2D eigenvalue weighted by Gasteiger charge is -2.09. The van der Waals surface area contributed by atoms with Gasteiger partial charge in [-0.1, -0.05) is 11.6 Å². The van der Waals surface area contributed by atoms with Gasteiger partial charge in [-0.25, -0.2) is 13.2 Å². The summed E-state index contributed by atoms with van der Waals surface area (Å²) in [6, 6.07) is 0. The fourth-order valence-corrected chi connectivity index (χ4v) is 2.07. The zero-order valence-corrected chi connectivity index (χ0v) is 10.6. The molecule has 0 aromatic heterocycles. The molecule has 0 aliphatic heterocycles. The molecule has 1 rings (SSSR count). The van der Waals surface area contributed by atoms with E-state index < -0.39 is 21.9 Å². The largest absolute Gasteiger partial charge is 0.330 e. The number of benzene rings is 1. The third-order valence-corrected chi connectivity index (χ3v) is 3.27. The third kappa shape index (κ3) is 2.70. The van der Waals surface area contributed by atoms with E-state index in [4.69, 9.17) is 17.3 Å². The number of halogens is 5. The molecule has 0 aliphatic rings. The van der Waals surface area contributed by atoms with Gasteiger partial charge in [0.2, 0.25) is 0 Å². The van der Waals surface area contributed by atoms with Gasteiger partial charge >= 0.3 is 0 Å².